The van der Waals surface area contributed by atoms with E-state index in [9.17, 15) is 9.18 Å². The molecule has 1 N–H and O–H groups in total. The summed E-state index contributed by atoms with van der Waals surface area (Å²) in [6.07, 6.45) is 3.54. The second-order valence-electron chi connectivity index (χ2n) is 6.20. The molecule has 3 rings (SSSR count). The second kappa shape index (κ2) is 8.07. The van der Waals surface area contributed by atoms with Crippen molar-refractivity contribution in [3.05, 3.63) is 54.0 Å². The van der Waals surface area contributed by atoms with Gasteiger partial charge in [0.15, 0.2) is 0 Å². The van der Waals surface area contributed by atoms with Crippen LogP contribution < -0.4 is 10.1 Å². The highest BCUT2D eigenvalue weighted by atomic mass is 19.1. The van der Waals surface area contributed by atoms with E-state index in [0.717, 1.165) is 5.56 Å². The van der Waals surface area contributed by atoms with E-state index in [1.54, 1.807) is 25.3 Å². The number of benzene rings is 1. The van der Waals surface area contributed by atoms with E-state index in [2.05, 4.69) is 10.3 Å². The minimum Gasteiger partial charge on any atom is -0.439 e. The van der Waals surface area contributed by atoms with Crippen LogP contribution in [0.5, 0.6) is 11.6 Å². The van der Waals surface area contributed by atoms with E-state index in [1.807, 2.05) is 0 Å². The van der Waals surface area contributed by atoms with Crippen molar-refractivity contribution in [2.45, 2.75) is 32.4 Å². The summed E-state index contributed by atoms with van der Waals surface area (Å²) in [5.41, 5.74) is 0.856. The fraction of sp³-hybridized carbons (Fsp3) is 0.368. The summed E-state index contributed by atoms with van der Waals surface area (Å²) in [4.78, 5) is 16.2. The summed E-state index contributed by atoms with van der Waals surface area (Å²) in [5.74, 6) is 1.04. The predicted octanol–water partition coefficient (Wildman–Crippen LogP) is 3.44. The third-order valence-corrected chi connectivity index (χ3v) is 3.95. The van der Waals surface area contributed by atoms with Crippen LogP contribution in [0.4, 0.5) is 4.39 Å². The number of amides is 1. The number of hydrogen-bond acceptors (Lipinski definition) is 4. The number of aromatic nitrogens is 1. The molecule has 0 saturated heterocycles. The lowest BCUT2D eigenvalue weighted by Crippen LogP contribution is -2.34. The Morgan fingerprint density at radius 2 is 2.08 bits per heavy atom. The van der Waals surface area contributed by atoms with Crippen LogP contribution in [0.1, 0.15) is 25.3 Å². The maximum absolute atomic E-state index is 12.9. The normalized spacial score (nSPS) is 14.8. The first-order chi connectivity index (χ1) is 12.1. The number of carbonyl (C=O) groups excluding carboxylic acids is 1. The Hall–Kier alpha value is -2.47. The number of halogens is 1. The fourth-order valence-corrected chi connectivity index (χ4v) is 2.21. The standard InChI is InChI=1S/C19H21FN2O3/c1-13(24-12-14-2-3-14)19(23)22-11-15-8-9-21-18(10-15)25-17-6-4-16(20)5-7-17/h4-10,13-14H,2-3,11-12H2,1H3,(H,22,23)/t13-/m1/s1. The molecule has 0 radical (unpaired) electrons. The topological polar surface area (TPSA) is 60.5 Å². The Kier molecular flexibility index (Phi) is 5.60. The van der Waals surface area contributed by atoms with Crippen LogP contribution in [0, 0.1) is 11.7 Å². The largest absolute Gasteiger partial charge is 0.439 e. The maximum Gasteiger partial charge on any atom is 0.249 e. The molecule has 1 fully saturated rings. The molecule has 1 aliphatic rings. The quantitative estimate of drug-likeness (QED) is 0.797. The van der Waals surface area contributed by atoms with Crippen LogP contribution in [0.2, 0.25) is 0 Å². The zero-order chi connectivity index (χ0) is 17.6. The highest BCUT2D eigenvalue weighted by molar-refractivity contribution is 5.80. The number of rotatable bonds is 8. The van der Waals surface area contributed by atoms with Gasteiger partial charge in [0, 0.05) is 18.8 Å². The highest BCUT2D eigenvalue weighted by Crippen LogP contribution is 2.29. The lowest BCUT2D eigenvalue weighted by Gasteiger charge is -2.13. The van der Waals surface area contributed by atoms with Crippen molar-refractivity contribution in [2.75, 3.05) is 6.61 Å². The van der Waals surface area contributed by atoms with Crippen LogP contribution in [0.3, 0.4) is 0 Å². The van der Waals surface area contributed by atoms with Crippen LogP contribution in [0.25, 0.3) is 0 Å². The number of hydrogen-bond donors (Lipinski definition) is 1. The van der Waals surface area contributed by atoms with E-state index in [0.29, 0.717) is 30.7 Å². The van der Waals surface area contributed by atoms with E-state index < -0.39 is 6.10 Å². The van der Waals surface area contributed by atoms with Gasteiger partial charge in [0.2, 0.25) is 11.8 Å². The van der Waals surface area contributed by atoms with E-state index in [4.69, 9.17) is 9.47 Å². The average Bonchev–Trinajstić information content (AvgIpc) is 3.44. The molecule has 0 bridgehead atoms. The summed E-state index contributed by atoms with van der Waals surface area (Å²) < 4.78 is 24.0. The maximum atomic E-state index is 12.9. The first-order valence-electron chi connectivity index (χ1n) is 8.38. The minimum atomic E-state index is -0.461. The Balaban J connectivity index is 1.50. The molecular weight excluding hydrogens is 323 g/mol. The Bertz CT molecular complexity index is 717. The van der Waals surface area contributed by atoms with E-state index >= 15 is 0 Å². The van der Waals surface area contributed by atoms with Crippen molar-refractivity contribution in [3.8, 4) is 11.6 Å². The van der Waals surface area contributed by atoms with Gasteiger partial charge in [0.25, 0.3) is 0 Å². The van der Waals surface area contributed by atoms with Gasteiger partial charge in [-0.25, -0.2) is 9.37 Å². The number of nitrogens with one attached hydrogen (secondary N) is 1. The molecule has 2 aromatic rings. The third-order valence-electron chi connectivity index (χ3n) is 3.95. The second-order valence-corrected chi connectivity index (χ2v) is 6.20. The van der Waals surface area contributed by atoms with Gasteiger partial charge < -0.3 is 14.8 Å². The molecule has 1 saturated carbocycles. The van der Waals surface area contributed by atoms with Crippen LogP contribution >= 0.6 is 0 Å². The molecule has 1 aliphatic carbocycles. The third kappa shape index (κ3) is 5.53. The zero-order valence-electron chi connectivity index (χ0n) is 14.1. The predicted molar refractivity (Wildman–Crippen MR) is 90.7 cm³/mol. The van der Waals surface area contributed by atoms with E-state index in [1.165, 1.54) is 37.1 Å². The molecule has 1 heterocycles. The smallest absolute Gasteiger partial charge is 0.249 e. The monoisotopic (exact) mass is 344 g/mol. The molecule has 0 spiro atoms. The minimum absolute atomic E-state index is 0.140. The van der Waals surface area contributed by atoms with Crippen molar-refractivity contribution >= 4 is 5.91 Å². The van der Waals surface area contributed by atoms with Gasteiger partial charge in [-0.1, -0.05) is 0 Å². The van der Waals surface area contributed by atoms with Gasteiger partial charge in [-0.15, -0.1) is 0 Å². The summed E-state index contributed by atoms with van der Waals surface area (Å²) >= 11 is 0. The number of carbonyl (C=O) groups is 1. The molecule has 1 atom stereocenters. The first kappa shape index (κ1) is 17.4. The van der Waals surface area contributed by atoms with Crippen LogP contribution in [-0.2, 0) is 16.1 Å². The molecule has 0 aliphatic heterocycles. The summed E-state index contributed by atoms with van der Waals surface area (Å²) in [6.45, 7) is 2.77. The fourth-order valence-electron chi connectivity index (χ4n) is 2.21. The van der Waals surface area contributed by atoms with Gasteiger partial charge in [-0.05, 0) is 61.6 Å². The molecule has 1 aromatic heterocycles. The first-order valence-corrected chi connectivity index (χ1v) is 8.38. The number of ether oxygens (including phenoxy) is 2. The highest BCUT2D eigenvalue weighted by Gasteiger charge is 2.23. The summed E-state index contributed by atoms with van der Waals surface area (Å²) in [7, 11) is 0. The van der Waals surface area contributed by atoms with Gasteiger partial charge in [0.1, 0.15) is 17.7 Å². The summed E-state index contributed by atoms with van der Waals surface area (Å²) in [6, 6.07) is 9.24. The molecule has 132 valence electrons. The summed E-state index contributed by atoms with van der Waals surface area (Å²) in [5, 5.41) is 2.84. The number of pyridine rings is 1. The average molecular weight is 344 g/mol. The molecule has 6 heteroatoms. The number of nitrogens with zero attached hydrogens (tertiary/aromatic N) is 1. The van der Waals surface area contributed by atoms with Crippen LogP contribution in [0.15, 0.2) is 42.6 Å². The van der Waals surface area contributed by atoms with Gasteiger partial charge in [-0.2, -0.15) is 0 Å². The molecule has 5 nitrogen and oxygen atoms in total. The van der Waals surface area contributed by atoms with Gasteiger partial charge >= 0.3 is 0 Å². The Morgan fingerprint density at radius 3 is 2.80 bits per heavy atom. The van der Waals surface area contributed by atoms with Gasteiger partial charge in [-0.3, -0.25) is 4.79 Å². The molecule has 1 amide bonds. The molecule has 1 aromatic carbocycles. The van der Waals surface area contributed by atoms with Crippen molar-refractivity contribution in [3.63, 3.8) is 0 Å². The molecule has 0 unspecified atom stereocenters. The molecular formula is C19H21FN2O3. The lowest BCUT2D eigenvalue weighted by atomic mass is 10.2. The lowest BCUT2D eigenvalue weighted by molar-refractivity contribution is -0.132. The van der Waals surface area contributed by atoms with Crippen molar-refractivity contribution in [1.29, 1.82) is 0 Å². The SMILES string of the molecule is C[C@@H](OCC1CC1)C(=O)NCc1ccnc(Oc2ccc(F)cc2)c1. The molecule has 25 heavy (non-hydrogen) atoms. The van der Waals surface area contributed by atoms with Crippen LogP contribution in [-0.4, -0.2) is 23.6 Å². The van der Waals surface area contributed by atoms with Crippen molar-refractivity contribution < 1.29 is 18.7 Å². The Morgan fingerprint density at radius 1 is 1.32 bits per heavy atom. The van der Waals surface area contributed by atoms with E-state index in [-0.39, 0.29) is 11.7 Å². The van der Waals surface area contributed by atoms with Crippen molar-refractivity contribution in [1.82, 2.24) is 10.3 Å². The Labute approximate surface area is 146 Å². The van der Waals surface area contributed by atoms with Gasteiger partial charge in [0.05, 0.1) is 6.61 Å². The van der Waals surface area contributed by atoms with Crippen molar-refractivity contribution in [2.24, 2.45) is 5.92 Å². The zero-order valence-corrected chi connectivity index (χ0v) is 14.1.